The van der Waals surface area contributed by atoms with Crippen LogP contribution >= 0.6 is 0 Å². The third kappa shape index (κ3) is 1.15. The molecule has 0 amide bonds. The fourth-order valence-electron chi connectivity index (χ4n) is 1.08. The first-order valence-electron chi connectivity index (χ1n) is 3.54. The van der Waals surface area contributed by atoms with E-state index in [4.69, 9.17) is 0 Å². The molecule has 1 heteroatoms. The van der Waals surface area contributed by atoms with Gasteiger partial charge in [0.25, 0.3) is 0 Å². The first kappa shape index (κ1) is 6.18. The third-order valence-electron chi connectivity index (χ3n) is 1.65. The quantitative estimate of drug-likeness (QED) is 0.455. The monoisotopic (exact) mass is 141 g/mol. The zero-order valence-electron chi connectivity index (χ0n) is 5.99. The van der Waals surface area contributed by atoms with Crippen LogP contribution in [0, 0.1) is 17.8 Å². The highest BCUT2D eigenvalue weighted by Gasteiger charge is 2.08. The minimum atomic E-state index is 0.252. The molecule has 1 unspecified atom stereocenters. The van der Waals surface area contributed by atoms with Crippen LogP contribution in [0.2, 0.25) is 0 Å². The van der Waals surface area contributed by atoms with Gasteiger partial charge in [0.05, 0.1) is 5.92 Å². The molecule has 1 aliphatic carbocycles. The average Bonchev–Trinajstić information content (AvgIpc) is 2.28. The smallest absolute Gasteiger partial charge is 0.0669 e. The Labute approximate surface area is 65.8 Å². The lowest BCUT2D eigenvalue weighted by molar-refractivity contribution is 1.05. The molecule has 0 aromatic carbocycles. The molecule has 0 aromatic rings. The molecule has 2 rings (SSSR count). The summed E-state index contributed by atoms with van der Waals surface area (Å²) in [5.74, 6) is 6.30. The number of hydrogen-bond acceptors (Lipinski definition) is 1. The number of hydrogen-bond donors (Lipinski definition) is 0. The van der Waals surface area contributed by atoms with E-state index in [-0.39, 0.29) is 5.92 Å². The van der Waals surface area contributed by atoms with Crippen LogP contribution in [0.4, 0.5) is 0 Å². The van der Waals surface area contributed by atoms with Crippen molar-refractivity contribution < 1.29 is 0 Å². The van der Waals surface area contributed by atoms with Crippen LogP contribution in [0.25, 0.3) is 0 Å². The predicted octanol–water partition coefficient (Wildman–Crippen LogP) is 1.70. The van der Waals surface area contributed by atoms with Gasteiger partial charge in [0.2, 0.25) is 0 Å². The second-order valence-corrected chi connectivity index (χ2v) is 2.41. The van der Waals surface area contributed by atoms with Gasteiger partial charge in [-0.15, -0.1) is 0 Å². The van der Waals surface area contributed by atoms with Crippen molar-refractivity contribution in [3.63, 3.8) is 0 Å². The molecule has 0 aromatic heterocycles. The Hall–Kier alpha value is -1.55. The van der Waals surface area contributed by atoms with Gasteiger partial charge >= 0.3 is 0 Å². The molecule has 0 fully saturated rings. The number of fused-ring (bicyclic) bond motifs is 1. The Morgan fingerprint density at radius 2 is 2.45 bits per heavy atom. The maximum absolute atomic E-state index is 4.03. The standard InChI is InChI=1S/C10H7N/c1-2-4-9-6-7-11-8-10(9)5-3-1/h1,3,5-9H. The lowest BCUT2D eigenvalue weighted by atomic mass is 9.99. The van der Waals surface area contributed by atoms with E-state index in [0.29, 0.717) is 0 Å². The second-order valence-electron chi connectivity index (χ2n) is 2.41. The van der Waals surface area contributed by atoms with Crippen molar-refractivity contribution in [2.75, 3.05) is 0 Å². The van der Waals surface area contributed by atoms with Gasteiger partial charge in [0.1, 0.15) is 0 Å². The van der Waals surface area contributed by atoms with Crippen molar-refractivity contribution in [2.45, 2.75) is 0 Å². The highest BCUT2D eigenvalue weighted by molar-refractivity contribution is 5.83. The Bertz CT molecular complexity index is 332. The van der Waals surface area contributed by atoms with E-state index in [0.717, 1.165) is 0 Å². The van der Waals surface area contributed by atoms with Gasteiger partial charge in [-0.2, -0.15) is 0 Å². The largest absolute Gasteiger partial charge is 0.265 e. The van der Waals surface area contributed by atoms with Gasteiger partial charge in [0, 0.05) is 12.4 Å². The molecule has 1 heterocycles. The van der Waals surface area contributed by atoms with Gasteiger partial charge in [-0.05, 0) is 17.7 Å². The summed E-state index contributed by atoms with van der Waals surface area (Å²) in [5, 5.41) is 0. The fraction of sp³-hybridized carbons (Fsp3) is 0.100. The predicted molar refractivity (Wildman–Crippen MR) is 46.1 cm³/mol. The lowest BCUT2D eigenvalue weighted by Gasteiger charge is -2.07. The number of allylic oxidation sites excluding steroid dienone is 5. The highest BCUT2D eigenvalue weighted by Crippen LogP contribution is 2.15. The molecule has 0 saturated carbocycles. The minimum absolute atomic E-state index is 0.252. The minimum Gasteiger partial charge on any atom is -0.265 e. The Morgan fingerprint density at radius 1 is 1.45 bits per heavy atom. The number of nitrogens with zero attached hydrogens (tertiary/aromatic N) is 1. The van der Waals surface area contributed by atoms with E-state index in [1.807, 2.05) is 30.5 Å². The molecule has 0 N–H and O–H groups in total. The van der Waals surface area contributed by atoms with E-state index in [1.165, 1.54) is 5.57 Å². The second kappa shape index (κ2) is 2.59. The normalized spacial score (nSPS) is 24.7. The maximum Gasteiger partial charge on any atom is 0.0669 e. The maximum atomic E-state index is 4.03. The third-order valence-corrected chi connectivity index (χ3v) is 1.65. The molecule has 11 heavy (non-hydrogen) atoms. The van der Waals surface area contributed by atoms with Crippen LogP contribution in [-0.4, -0.2) is 6.21 Å². The summed E-state index contributed by atoms with van der Waals surface area (Å²) in [5.41, 5.74) is 1.17. The highest BCUT2D eigenvalue weighted by atomic mass is 14.7. The zero-order valence-corrected chi connectivity index (χ0v) is 5.99. The summed E-state index contributed by atoms with van der Waals surface area (Å²) < 4.78 is 0. The van der Waals surface area contributed by atoms with Crippen LogP contribution in [-0.2, 0) is 0 Å². The molecule has 2 aliphatic rings. The summed E-state index contributed by atoms with van der Waals surface area (Å²) in [6.45, 7) is 0. The molecule has 0 saturated heterocycles. The van der Waals surface area contributed by atoms with Crippen LogP contribution in [0.1, 0.15) is 0 Å². The molecule has 0 spiro atoms. The summed E-state index contributed by atoms with van der Waals surface area (Å²) in [6, 6.07) is 0. The van der Waals surface area contributed by atoms with Crippen LogP contribution in [0.15, 0.2) is 41.1 Å². The molecular formula is C10H7N. The van der Waals surface area contributed by atoms with Crippen LogP contribution in [0.3, 0.4) is 0 Å². The van der Waals surface area contributed by atoms with Crippen LogP contribution in [0.5, 0.6) is 0 Å². The first-order chi connectivity index (χ1) is 5.47. The van der Waals surface area contributed by atoms with E-state index >= 15 is 0 Å². The molecule has 0 bridgehead atoms. The Morgan fingerprint density at radius 3 is 3.45 bits per heavy atom. The Kier molecular flexibility index (Phi) is 1.46. The van der Waals surface area contributed by atoms with Crippen molar-refractivity contribution in [1.82, 2.24) is 0 Å². The zero-order chi connectivity index (χ0) is 7.52. The van der Waals surface area contributed by atoms with Gasteiger partial charge < -0.3 is 0 Å². The number of rotatable bonds is 0. The van der Waals surface area contributed by atoms with Gasteiger partial charge in [-0.25, -0.2) is 0 Å². The summed E-state index contributed by atoms with van der Waals surface area (Å²) in [6.07, 6.45) is 11.5. The molecular weight excluding hydrogens is 134 g/mol. The molecule has 1 aliphatic heterocycles. The molecule has 52 valence electrons. The average molecular weight is 141 g/mol. The van der Waals surface area contributed by atoms with E-state index < -0.39 is 0 Å². The van der Waals surface area contributed by atoms with Crippen molar-refractivity contribution >= 4 is 6.21 Å². The summed E-state index contributed by atoms with van der Waals surface area (Å²) >= 11 is 0. The summed E-state index contributed by atoms with van der Waals surface area (Å²) in [4.78, 5) is 4.03. The van der Waals surface area contributed by atoms with E-state index in [9.17, 15) is 0 Å². The molecule has 1 nitrogen and oxygen atoms in total. The van der Waals surface area contributed by atoms with Crippen molar-refractivity contribution in [2.24, 2.45) is 10.9 Å². The van der Waals surface area contributed by atoms with Gasteiger partial charge in [-0.1, -0.05) is 24.0 Å². The molecule has 1 atom stereocenters. The van der Waals surface area contributed by atoms with Crippen molar-refractivity contribution in [3.8, 4) is 11.8 Å². The topological polar surface area (TPSA) is 12.4 Å². The fourth-order valence-corrected chi connectivity index (χ4v) is 1.08. The molecule has 0 radical (unpaired) electrons. The van der Waals surface area contributed by atoms with Gasteiger partial charge in [0.15, 0.2) is 0 Å². The van der Waals surface area contributed by atoms with E-state index in [2.05, 4.69) is 16.8 Å². The Balaban J connectivity index is 2.43. The lowest BCUT2D eigenvalue weighted by Crippen LogP contribution is -2.01. The summed E-state index contributed by atoms with van der Waals surface area (Å²) in [7, 11) is 0. The van der Waals surface area contributed by atoms with E-state index in [1.54, 1.807) is 6.20 Å². The van der Waals surface area contributed by atoms with Crippen molar-refractivity contribution in [1.29, 1.82) is 0 Å². The SMILES string of the molecule is C1#CC2C=CN=CC2=CC=C1. The number of aliphatic imine (C=N–C) groups is 1. The first-order valence-corrected chi connectivity index (χ1v) is 3.54. The van der Waals surface area contributed by atoms with Gasteiger partial charge in [-0.3, -0.25) is 4.99 Å². The van der Waals surface area contributed by atoms with Crippen LogP contribution < -0.4 is 0 Å². The van der Waals surface area contributed by atoms with Crippen molar-refractivity contribution in [3.05, 3.63) is 36.1 Å².